The molecular weight excluding hydrogens is 436 g/mol. The smallest absolute Gasteiger partial charge is 0.330 e. The van der Waals surface area contributed by atoms with Gasteiger partial charge in [0.05, 0.1) is 23.8 Å². The van der Waals surface area contributed by atoms with Crippen LogP contribution in [0.2, 0.25) is 0 Å². The standard InChI is InChI=1S/C24H28N6O4/c1-3-5-12-28-22(25)21(23(32)27-24(28)33)30(14-16-9-8-13-34-16)20(31)15-29-18-11-7-6-10-17(18)26-19(29)4-2/h6-11,13H,3-5,12,14-15,25H2,1-2H3,(H,27,32,33). The lowest BCUT2D eigenvalue weighted by atomic mass is 10.3. The number of amides is 1. The first-order valence-electron chi connectivity index (χ1n) is 11.3. The lowest BCUT2D eigenvalue weighted by Crippen LogP contribution is -2.42. The first kappa shape index (κ1) is 23.1. The second kappa shape index (κ2) is 9.82. The number of hydrogen-bond donors (Lipinski definition) is 2. The molecular formula is C24H28N6O4. The largest absolute Gasteiger partial charge is 0.467 e. The molecule has 0 aliphatic carbocycles. The molecule has 1 amide bonds. The van der Waals surface area contributed by atoms with Crippen LogP contribution in [-0.4, -0.2) is 25.0 Å². The Labute approximate surface area is 195 Å². The fraction of sp³-hybridized carbons (Fsp3) is 0.333. The van der Waals surface area contributed by atoms with Gasteiger partial charge in [-0.05, 0) is 30.7 Å². The molecule has 0 spiro atoms. The van der Waals surface area contributed by atoms with Crippen LogP contribution in [0, 0.1) is 0 Å². The predicted octanol–water partition coefficient (Wildman–Crippen LogP) is 2.66. The summed E-state index contributed by atoms with van der Waals surface area (Å²) in [7, 11) is 0. The molecule has 3 N–H and O–H groups in total. The number of H-pyrrole nitrogens is 1. The molecule has 0 saturated heterocycles. The minimum atomic E-state index is -0.721. The molecule has 1 aromatic carbocycles. The van der Waals surface area contributed by atoms with Crippen molar-refractivity contribution in [3.63, 3.8) is 0 Å². The van der Waals surface area contributed by atoms with Gasteiger partial charge >= 0.3 is 5.69 Å². The normalized spacial score (nSPS) is 11.2. The van der Waals surface area contributed by atoms with Crippen LogP contribution in [0.5, 0.6) is 0 Å². The number of aromatic amines is 1. The van der Waals surface area contributed by atoms with Crippen molar-refractivity contribution in [3.8, 4) is 0 Å². The molecule has 0 radical (unpaired) electrons. The molecule has 4 aromatic rings. The Kier molecular flexibility index (Phi) is 6.67. The first-order chi connectivity index (χ1) is 16.4. The molecule has 0 bridgehead atoms. The number of carbonyl (C=O) groups excluding carboxylic acids is 1. The third kappa shape index (κ3) is 4.39. The molecule has 3 aromatic heterocycles. The van der Waals surface area contributed by atoms with Gasteiger partial charge in [0, 0.05) is 13.0 Å². The summed E-state index contributed by atoms with van der Waals surface area (Å²) < 4.78 is 8.59. The van der Waals surface area contributed by atoms with E-state index < -0.39 is 11.2 Å². The number of benzene rings is 1. The summed E-state index contributed by atoms with van der Waals surface area (Å²) in [5.41, 5.74) is 6.53. The number of hydrogen-bond acceptors (Lipinski definition) is 6. The van der Waals surface area contributed by atoms with Crippen LogP contribution in [0.15, 0.2) is 56.7 Å². The Morgan fingerprint density at radius 1 is 1.15 bits per heavy atom. The van der Waals surface area contributed by atoms with Gasteiger partial charge in [-0.1, -0.05) is 32.4 Å². The van der Waals surface area contributed by atoms with E-state index in [4.69, 9.17) is 10.2 Å². The summed E-state index contributed by atoms with van der Waals surface area (Å²) in [6, 6.07) is 11.0. The highest BCUT2D eigenvalue weighted by atomic mass is 16.3. The highest BCUT2D eigenvalue weighted by molar-refractivity contribution is 5.96. The topological polar surface area (TPSA) is 132 Å². The van der Waals surface area contributed by atoms with Crippen molar-refractivity contribution in [2.24, 2.45) is 0 Å². The number of carbonyl (C=O) groups is 1. The third-order valence-corrected chi connectivity index (χ3v) is 5.76. The Balaban J connectivity index is 1.80. The van der Waals surface area contributed by atoms with E-state index in [0.717, 1.165) is 23.3 Å². The average Bonchev–Trinajstić information content (AvgIpc) is 3.46. The van der Waals surface area contributed by atoms with Crippen molar-refractivity contribution in [1.82, 2.24) is 19.1 Å². The summed E-state index contributed by atoms with van der Waals surface area (Å²) in [4.78, 5) is 47.2. The number of furan rings is 1. The molecule has 0 aliphatic rings. The Bertz CT molecular complexity index is 1410. The van der Waals surface area contributed by atoms with Crippen LogP contribution in [0.3, 0.4) is 0 Å². The lowest BCUT2D eigenvalue weighted by Gasteiger charge is -2.24. The molecule has 0 aliphatic heterocycles. The van der Waals surface area contributed by atoms with Crippen molar-refractivity contribution in [3.05, 3.63) is 75.1 Å². The van der Waals surface area contributed by atoms with Gasteiger partial charge in [-0.2, -0.15) is 0 Å². The van der Waals surface area contributed by atoms with Crippen LogP contribution in [0.4, 0.5) is 11.5 Å². The predicted molar refractivity (Wildman–Crippen MR) is 130 cm³/mol. The molecule has 178 valence electrons. The van der Waals surface area contributed by atoms with E-state index in [1.807, 2.05) is 42.7 Å². The second-order valence-electron chi connectivity index (χ2n) is 8.01. The van der Waals surface area contributed by atoms with Crippen LogP contribution in [-0.2, 0) is 30.8 Å². The molecule has 4 rings (SSSR count). The van der Waals surface area contributed by atoms with Gasteiger partial charge in [0.2, 0.25) is 5.91 Å². The van der Waals surface area contributed by atoms with Crippen LogP contribution in [0.1, 0.15) is 38.3 Å². The van der Waals surface area contributed by atoms with E-state index in [1.54, 1.807) is 12.1 Å². The van der Waals surface area contributed by atoms with Gasteiger partial charge in [-0.3, -0.25) is 24.0 Å². The fourth-order valence-electron chi connectivity index (χ4n) is 4.02. The molecule has 10 heteroatoms. The monoisotopic (exact) mass is 464 g/mol. The zero-order valence-corrected chi connectivity index (χ0v) is 19.3. The number of anilines is 2. The van der Waals surface area contributed by atoms with Gasteiger partial charge in [0.25, 0.3) is 5.56 Å². The summed E-state index contributed by atoms with van der Waals surface area (Å²) in [6.45, 7) is 4.22. The van der Waals surface area contributed by atoms with E-state index in [2.05, 4.69) is 9.97 Å². The molecule has 34 heavy (non-hydrogen) atoms. The molecule has 3 heterocycles. The Morgan fingerprint density at radius 3 is 2.65 bits per heavy atom. The molecule has 0 fully saturated rings. The maximum atomic E-state index is 13.7. The van der Waals surface area contributed by atoms with E-state index >= 15 is 0 Å². The number of unbranched alkanes of at least 4 members (excludes halogenated alkanes) is 1. The molecule has 10 nitrogen and oxygen atoms in total. The summed E-state index contributed by atoms with van der Waals surface area (Å²) in [5, 5.41) is 0. The van der Waals surface area contributed by atoms with Crippen molar-refractivity contribution in [2.75, 3.05) is 10.6 Å². The first-order valence-corrected chi connectivity index (χ1v) is 11.3. The van der Waals surface area contributed by atoms with Crippen molar-refractivity contribution >= 4 is 28.4 Å². The summed E-state index contributed by atoms with van der Waals surface area (Å²) in [6.07, 6.45) is 3.66. The van der Waals surface area contributed by atoms with Crippen molar-refractivity contribution in [2.45, 2.75) is 52.7 Å². The van der Waals surface area contributed by atoms with E-state index in [1.165, 1.54) is 15.7 Å². The quantitative estimate of drug-likeness (QED) is 0.391. The number of fused-ring (bicyclic) bond motifs is 1. The molecule has 0 atom stereocenters. The number of nitrogens with one attached hydrogen (secondary N) is 1. The Morgan fingerprint density at radius 2 is 1.94 bits per heavy atom. The van der Waals surface area contributed by atoms with Crippen LogP contribution >= 0.6 is 0 Å². The number of imidazole rings is 1. The highest BCUT2D eigenvalue weighted by Crippen LogP contribution is 2.23. The van der Waals surface area contributed by atoms with Crippen LogP contribution < -0.4 is 21.9 Å². The number of aryl methyl sites for hydroxylation is 1. The fourth-order valence-corrected chi connectivity index (χ4v) is 4.02. The van der Waals surface area contributed by atoms with E-state index in [-0.39, 0.29) is 30.5 Å². The number of nitrogens with zero attached hydrogens (tertiary/aromatic N) is 4. The minimum Gasteiger partial charge on any atom is -0.467 e. The zero-order chi connectivity index (χ0) is 24.2. The number of nitrogen functional groups attached to an aromatic ring is 1. The molecule has 0 saturated carbocycles. The van der Waals surface area contributed by atoms with Gasteiger partial charge in [0.15, 0.2) is 5.69 Å². The molecule has 0 unspecified atom stereocenters. The maximum absolute atomic E-state index is 13.7. The van der Waals surface area contributed by atoms with Gasteiger partial charge in [0.1, 0.15) is 23.9 Å². The third-order valence-electron chi connectivity index (χ3n) is 5.76. The lowest BCUT2D eigenvalue weighted by molar-refractivity contribution is -0.119. The van der Waals surface area contributed by atoms with Gasteiger partial charge in [-0.15, -0.1) is 0 Å². The summed E-state index contributed by atoms with van der Waals surface area (Å²) >= 11 is 0. The minimum absolute atomic E-state index is 0.0147. The number of aromatic nitrogens is 4. The number of nitrogens with two attached hydrogens (primary N) is 1. The maximum Gasteiger partial charge on any atom is 0.330 e. The van der Waals surface area contributed by atoms with Gasteiger partial charge < -0.3 is 14.7 Å². The van der Waals surface area contributed by atoms with Gasteiger partial charge in [-0.25, -0.2) is 9.78 Å². The number of rotatable bonds is 9. The SMILES string of the molecule is CCCCn1c(N)c(N(Cc2ccco2)C(=O)Cn2c(CC)nc3ccccc32)c(=O)[nH]c1=O. The zero-order valence-electron chi connectivity index (χ0n) is 19.3. The summed E-state index contributed by atoms with van der Waals surface area (Å²) in [5.74, 6) is 0.799. The average molecular weight is 465 g/mol. The van der Waals surface area contributed by atoms with Crippen molar-refractivity contribution in [1.29, 1.82) is 0 Å². The Hall–Kier alpha value is -4.08. The van der Waals surface area contributed by atoms with E-state index in [9.17, 15) is 14.4 Å². The highest BCUT2D eigenvalue weighted by Gasteiger charge is 2.26. The number of para-hydroxylation sites is 2. The van der Waals surface area contributed by atoms with Crippen molar-refractivity contribution < 1.29 is 9.21 Å². The van der Waals surface area contributed by atoms with E-state index in [0.29, 0.717) is 25.1 Å². The van der Waals surface area contributed by atoms with Crippen LogP contribution in [0.25, 0.3) is 11.0 Å². The second-order valence-corrected chi connectivity index (χ2v) is 8.01.